The average Bonchev–Trinajstić information content (AvgIpc) is 2.22. The van der Waals surface area contributed by atoms with Crippen LogP contribution >= 0.6 is 12.2 Å². The van der Waals surface area contributed by atoms with Gasteiger partial charge >= 0.3 is 0 Å². The predicted octanol–water partition coefficient (Wildman–Crippen LogP) is 0.282. The van der Waals surface area contributed by atoms with Crippen LogP contribution in [-0.4, -0.2) is 41.8 Å². The number of hydrogen-bond acceptors (Lipinski definition) is 3. The van der Waals surface area contributed by atoms with Gasteiger partial charge < -0.3 is 16.0 Å². The van der Waals surface area contributed by atoms with Crippen LogP contribution in [0.5, 0.6) is 0 Å². The van der Waals surface area contributed by atoms with Crippen LogP contribution in [0.3, 0.4) is 0 Å². The Kier molecular flexibility index (Phi) is 4.32. The fraction of sp³-hybridized carbons (Fsp3) is 0.750. The fourth-order valence-corrected chi connectivity index (χ4v) is 2.67. The third-order valence-corrected chi connectivity index (χ3v) is 3.85. The van der Waals surface area contributed by atoms with E-state index in [1.807, 2.05) is 0 Å². The monoisotopic (exact) mass is 271 g/mol. The fourth-order valence-electron chi connectivity index (χ4n) is 2.41. The van der Waals surface area contributed by atoms with Gasteiger partial charge in [-0.2, -0.15) is 0 Å². The molecule has 102 valence electrons. The van der Waals surface area contributed by atoms with Gasteiger partial charge in [0.1, 0.15) is 6.04 Å². The number of likely N-dealkylation sites (N-methyl/N-ethyl adjacent to an activating group) is 1. The summed E-state index contributed by atoms with van der Waals surface area (Å²) >= 11 is 5.00. The summed E-state index contributed by atoms with van der Waals surface area (Å²) in [6.07, 6.45) is 1.33. The lowest BCUT2D eigenvalue weighted by atomic mass is 9.62. The third-order valence-electron chi connectivity index (χ3n) is 3.46. The van der Waals surface area contributed by atoms with Crippen LogP contribution in [0.4, 0.5) is 0 Å². The van der Waals surface area contributed by atoms with Crippen molar-refractivity contribution in [3.05, 3.63) is 0 Å². The normalized spacial score (nSPS) is 27.9. The number of rotatable bonds is 4. The summed E-state index contributed by atoms with van der Waals surface area (Å²) in [6.45, 7) is 3.72. The number of nitrogens with zero attached hydrogens (tertiary/aromatic N) is 1. The summed E-state index contributed by atoms with van der Waals surface area (Å²) in [5.74, 6) is 0.0710. The molecule has 0 aromatic heterocycles. The zero-order chi connectivity index (χ0) is 14.1. The second kappa shape index (κ2) is 5.22. The molecule has 1 aliphatic rings. The largest absolute Gasteiger partial charge is 0.392 e. The Hall–Kier alpha value is -1.17. The average molecular weight is 271 g/mol. The highest BCUT2D eigenvalue weighted by molar-refractivity contribution is 7.80. The van der Waals surface area contributed by atoms with Crippen molar-refractivity contribution in [1.29, 1.82) is 0 Å². The maximum Gasteiger partial charge on any atom is 0.244 e. The van der Waals surface area contributed by atoms with E-state index in [1.165, 1.54) is 4.90 Å². The lowest BCUT2D eigenvalue weighted by Gasteiger charge is -2.44. The van der Waals surface area contributed by atoms with Crippen LogP contribution in [0.2, 0.25) is 0 Å². The van der Waals surface area contributed by atoms with E-state index in [-0.39, 0.29) is 16.8 Å². The number of carbonyl (C=O) groups excluding carboxylic acids is 2. The molecule has 1 aliphatic carbocycles. The Morgan fingerprint density at radius 1 is 1.44 bits per heavy atom. The van der Waals surface area contributed by atoms with E-state index in [4.69, 9.17) is 18.0 Å². The number of thiocarbonyl (C=S) groups is 1. The van der Waals surface area contributed by atoms with Crippen LogP contribution in [0, 0.1) is 11.3 Å². The molecule has 0 heterocycles. The van der Waals surface area contributed by atoms with Crippen molar-refractivity contribution in [3.8, 4) is 0 Å². The maximum absolute atomic E-state index is 12.2. The molecule has 6 heteroatoms. The van der Waals surface area contributed by atoms with Crippen LogP contribution in [-0.2, 0) is 9.59 Å². The molecular weight excluding hydrogens is 250 g/mol. The molecule has 0 aromatic carbocycles. The molecule has 0 saturated heterocycles. The number of carbonyl (C=O) groups is 2. The molecule has 0 radical (unpaired) electrons. The van der Waals surface area contributed by atoms with Crippen LogP contribution in [0.25, 0.3) is 0 Å². The summed E-state index contributed by atoms with van der Waals surface area (Å²) in [5, 5.41) is 2.71. The topological polar surface area (TPSA) is 75.4 Å². The number of nitrogens with two attached hydrogens (primary N) is 1. The highest BCUT2D eigenvalue weighted by atomic mass is 32.1. The summed E-state index contributed by atoms with van der Waals surface area (Å²) in [7, 11) is 3.31. The second-order valence-corrected chi connectivity index (χ2v) is 5.83. The van der Waals surface area contributed by atoms with Crippen LogP contribution < -0.4 is 11.1 Å². The first-order chi connectivity index (χ1) is 8.20. The van der Waals surface area contributed by atoms with E-state index < -0.39 is 11.5 Å². The number of amides is 2. The maximum atomic E-state index is 12.2. The van der Waals surface area contributed by atoms with Gasteiger partial charge in [0.25, 0.3) is 0 Å². The Bertz CT molecular complexity index is 376. The van der Waals surface area contributed by atoms with E-state index in [0.717, 1.165) is 0 Å². The van der Waals surface area contributed by atoms with Gasteiger partial charge in [0.05, 0.1) is 10.4 Å². The van der Waals surface area contributed by atoms with Crippen molar-refractivity contribution in [1.82, 2.24) is 10.2 Å². The molecule has 18 heavy (non-hydrogen) atoms. The van der Waals surface area contributed by atoms with E-state index in [9.17, 15) is 9.59 Å². The molecule has 0 spiro atoms. The van der Waals surface area contributed by atoms with Crippen molar-refractivity contribution in [2.24, 2.45) is 17.1 Å². The molecule has 5 nitrogen and oxygen atoms in total. The first-order valence-electron chi connectivity index (χ1n) is 6.02. The smallest absolute Gasteiger partial charge is 0.244 e. The van der Waals surface area contributed by atoms with Gasteiger partial charge in [-0.3, -0.25) is 9.59 Å². The third kappa shape index (κ3) is 2.63. The Morgan fingerprint density at radius 2 is 1.94 bits per heavy atom. The molecule has 0 bridgehead atoms. The molecule has 2 amide bonds. The molecule has 0 aromatic rings. The summed E-state index contributed by atoms with van der Waals surface area (Å²) in [5.41, 5.74) is 4.93. The number of hydrogen-bond donors (Lipinski definition) is 2. The SMILES string of the molecule is CC1CC(C(=O)NC(C)C(=O)N(C)C)(C(N)=S)C1. The van der Waals surface area contributed by atoms with Gasteiger partial charge in [0.15, 0.2) is 0 Å². The Labute approximate surface area is 113 Å². The summed E-state index contributed by atoms with van der Waals surface area (Å²) in [4.78, 5) is 25.6. The van der Waals surface area contributed by atoms with Gasteiger partial charge in [-0.1, -0.05) is 19.1 Å². The Balaban J connectivity index is 2.70. The molecule has 0 aliphatic heterocycles. The van der Waals surface area contributed by atoms with Gasteiger partial charge in [-0.05, 0) is 25.7 Å². The zero-order valence-corrected chi connectivity index (χ0v) is 12.1. The standard InChI is InChI=1S/C12H21N3O2S/c1-7-5-12(6-7,10(13)18)11(17)14-8(2)9(16)15(3)4/h7-8H,5-6H2,1-4H3,(H2,13,18)(H,14,17). The molecular formula is C12H21N3O2S. The second-order valence-electron chi connectivity index (χ2n) is 5.39. The van der Waals surface area contributed by atoms with Crippen molar-refractivity contribution < 1.29 is 9.59 Å². The molecule has 3 N–H and O–H groups in total. The van der Waals surface area contributed by atoms with E-state index in [0.29, 0.717) is 18.8 Å². The van der Waals surface area contributed by atoms with Crippen LogP contribution in [0.15, 0.2) is 0 Å². The molecule has 1 saturated carbocycles. The van der Waals surface area contributed by atoms with Crippen molar-refractivity contribution in [2.75, 3.05) is 14.1 Å². The minimum absolute atomic E-state index is 0.145. The molecule has 1 rings (SSSR count). The summed E-state index contributed by atoms with van der Waals surface area (Å²) < 4.78 is 0. The van der Waals surface area contributed by atoms with Gasteiger partial charge in [-0.25, -0.2) is 0 Å². The first-order valence-corrected chi connectivity index (χ1v) is 6.43. The minimum Gasteiger partial charge on any atom is -0.392 e. The molecule has 1 fully saturated rings. The quantitative estimate of drug-likeness (QED) is 0.720. The van der Waals surface area contributed by atoms with Crippen molar-refractivity contribution >= 4 is 29.0 Å². The van der Waals surface area contributed by atoms with Crippen LogP contribution in [0.1, 0.15) is 26.7 Å². The van der Waals surface area contributed by atoms with Gasteiger partial charge in [0.2, 0.25) is 11.8 Å². The molecule has 1 unspecified atom stereocenters. The van der Waals surface area contributed by atoms with Gasteiger partial charge in [0, 0.05) is 14.1 Å². The predicted molar refractivity (Wildman–Crippen MR) is 73.9 cm³/mol. The van der Waals surface area contributed by atoms with E-state index in [2.05, 4.69) is 12.2 Å². The first kappa shape index (κ1) is 14.9. The Morgan fingerprint density at radius 3 is 2.28 bits per heavy atom. The van der Waals surface area contributed by atoms with Crippen molar-refractivity contribution in [2.45, 2.75) is 32.7 Å². The lowest BCUT2D eigenvalue weighted by molar-refractivity contribution is -0.139. The summed E-state index contributed by atoms with van der Waals surface area (Å²) in [6, 6.07) is -0.561. The zero-order valence-electron chi connectivity index (χ0n) is 11.3. The highest BCUT2D eigenvalue weighted by Gasteiger charge is 2.51. The lowest BCUT2D eigenvalue weighted by Crippen LogP contribution is -2.58. The van der Waals surface area contributed by atoms with E-state index in [1.54, 1.807) is 21.0 Å². The van der Waals surface area contributed by atoms with Gasteiger partial charge in [-0.15, -0.1) is 0 Å². The van der Waals surface area contributed by atoms with E-state index >= 15 is 0 Å². The highest BCUT2D eigenvalue weighted by Crippen LogP contribution is 2.46. The van der Waals surface area contributed by atoms with Crippen molar-refractivity contribution in [3.63, 3.8) is 0 Å². The molecule has 1 atom stereocenters. The minimum atomic E-state index is -0.754. The number of nitrogens with one attached hydrogen (secondary N) is 1.